The Morgan fingerprint density at radius 1 is 0.875 bits per heavy atom. The second kappa shape index (κ2) is 11.2. The SMILES string of the molecule is Cc1ccccc1-c1cnc2c(C(F)(F)F)cccc2c1-c1cccc(OCc2ccc(CCC(=O)O)cc2)c1. The number of nitrogens with zero attached hydrogens (tertiary/aromatic N) is 1. The van der Waals surface area contributed by atoms with Crippen LogP contribution in [-0.4, -0.2) is 16.1 Å². The van der Waals surface area contributed by atoms with Crippen LogP contribution in [0.1, 0.15) is 28.7 Å². The van der Waals surface area contributed by atoms with Gasteiger partial charge in [0, 0.05) is 29.1 Å². The van der Waals surface area contributed by atoms with Gasteiger partial charge < -0.3 is 9.84 Å². The van der Waals surface area contributed by atoms with Crippen LogP contribution in [0.3, 0.4) is 0 Å². The summed E-state index contributed by atoms with van der Waals surface area (Å²) >= 11 is 0. The third-order valence-corrected chi connectivity index (χ3v) is 6.82. The van der Waals surface area contributed by atoms with Crippen molar-refractivity contribution >= 4 is 16.9 Å². The summed E-state index contributed by atoms with van der Waals surface area (Å²) < 4.78 is 47.7. The van der Waals surface area contributed by atoms with Gasteiger partial charge in [0.25, 0.3) is 0 Å². The zero-order chi connectivity index (χ0) is 28.3. The molecule has 4 aromatic carbocycles. The predicted octanol–water partition coefficient (Wildman–Crippen LogP) is 8.49. The Morgan fingerprint density at radius 2 is 1.60 bits per heavy atom. The fourth-order valence-electron chi connectivity index (χ4n) is 4.80. The molecule has 0 bridgehead atoms. The summed E-state index contributed by atoms with van der Waals surface area (Å²) in [5.74, 6) is -0.269. The zero-order valence-electron chi connectivity index (χ0n) is 21.7. The fraction of sp³-hybridized carbons (Fsp3) is 0.152. The van der Waals surface area contributed by atoms with Gasteiger partial charge in [0.2, 0.25) is 0 Å². The quantitative estimate of drug-likeness (QED) is 0.214. The van der Waals surface area contributed by atoms with Crippen LogP contribution in [0.2, 0.25) is 0 Å². The Labute approximate surface area is 229 Å². The van der Waals surface area contributed by atoms with E-state index < -0.39 is 17.7 Å². The van der Waals surface area contributed by atoms with E-state index in [1.807, 2.05) is 79.7 Å². The molecule has 0 atom stereocenters. The van der Waals surface area contributed by atoms with Gasteiger partial charge in [0.1, 0.15) is 12.4 Å². The van der Waals surface area contributed by atoms with Gasteiger partial charge in [-0.1, -0.05) is 72.8 Å². The van der Waals surface area contributed by atoms with E-state index in [-0.39, 0.29) is 18.5 Å². The number of pyridine rings is 1. The molecule has 0 amide bonds. The lowest BCUT2D eigenvalue weighted by Gasteiger charge is -2.18. The highest BCUT2D eigenvalue weighted by atomic mass is 19.4. The number of hydrogen-bond donors (Lipinski definition) is 1. The minimum atomic E-state index is -4.54. The van der Waals surface area contributed by atoms with Crippen molar-refractivity contribution in [3.8, 4) is 28.0 Å². The summed E-state index contributed by atoms with van der Waals surface area (Å²) in [4.78, 5) is 15.1. The van der Waals surface area contributed by atoms with Crippen molar-refractivity contribution in [1.82, 2.24) is 4.98 Å². The van der Waals surface area contributed by atoms with Crippen LogP contribution in [0.25, 0.3) is 33.2 Å². The number of hydrogen-bond acceptors (Lipinski definition) is 3. The summed E-state index contributed by atoms with van der Waals surface area (Å²) in [6, 6.07) is 26.7. The maximum atomic E-state index is 13.9. The van der Waals surface area contributed by atoms with Gasteiger partial charge in [-0.05, 0) is 59.4 Å². The van der Waals surface area contributed by atoms with Crippen molar-refractivity contribution in [2.45, 2.75) is 32.5 Å². The highest BCUT2D eigenvalue weighted by Crippen LogP contribution is 2.42. The number of halogens is 3. The third kappa shape index (κ3) is 5.83. The van der Waals surface area contributed by atoms with E-state index in [0.717, 1.165) is 33.9 Å². The normalized spacial score (nSPS) is 11.5. The van der Waals surface area contributed by atoms with E-state index in [4.69, 9.17) is 9.84 Å². The summed E-state index contributed by atoms with van der Waals surface area (Å²) in [6.45, 7) is 2.24. The molecular weight excluding hydrogens is 515 g/mol. The standard InChI is InChI=1S/C33H26F3NO3/c1-21-6-2-3-9-26(21)28-19-37-32-27(10-5-11-29(32)33(34,35)36)31(28)24-7-4-8-25(18-24)40-20-23-14-12-22(13-15-23)16-17-30(38)39/h2-15,18-19H,16-17,20H2,1H3,(H,38,39). The molecule has 0 saturated heterocycles. The van der Waals surface area contributed by atoms with Gasteiger partial charge in [-0.3, -0.25) is 9.78 Å². The third-order valence-electron chi connectivity index (χ3n) is 6.82. The summed E-state index contributed by atoms with van der Waals surface area (Å²) in [5.41, 5.74) is 4.94. The van der Waals surface area contributed by atoms with Crippen molar-refractivity contribution in [3.63, 3.8) is 0 Å². The maximum Gasteiger partial charge on any atom is 0.418 e. The lowest BCUT2D eigenvalue weighted by Crippen LogP contribution is -2.07. The van der Waals surface area contributed by atoms with E-state index in [1.165, 1.54) is 12.3 Å². The number of ether oxygens (including phenoxy) is 1. The molecule has 202 valence electrons. The first kappa shape index (κ1) is 26.9. The highest BCUT2D eigenvalue weighted by molar-refractivity contribution is 6.03. The number of aryl methyl sites for hydroxylation is 2. The largest absolute Gasteiger partial charge is 0.489 e. The molecular formula is C33H26F3NO3. The van der Waals surface area contributed by atoms with Crippen LogP contribution in [0.4, 0.5) is 13.2 Å². The Bertz CT molecular complexity index is 1680. The Hall–Kier alpha value is -4.65. The van der Waals surface area contributed by atoms with Crippen molar-refractivity contribution in [2.75, 3.05) is 0 Å². The minimum absolute atomic E-state index is 0.0707. The first-order valence-electron chi connectivity index (χ1n) is 12.8. The van der Waals surface area contributed by atoms with Crippen LogP contribution in [0.5, 0.6) is 5.75 Å². The molecule has 0 fully saturated rings. The van der Waals surface area contributed by atoms with Gasteiger partial charge in [0.05, 0.1) is 11.1 Å². The van der Waals surface area contributed by atoms with Crippen molar-refractivity contribution in [2.24, 2.45) is 0 Å². The van der Waals surface area contributed by atoms with Crippen LogP contribution in [-0.2, 0) is 24.0 Å². The smallest absolute Gasteiger partial charge is 0.418 e. The van der Waals surface area contributed by atoms with Crippen molar-refractivity contribution < 1.29 is 27.8 Å². The lowest BCUT2D eigenvalue weighted by molar-refractivity contribution is -0.137. The molecule has 1 N–H and O–H groups in total. The number of benzene rings is 4. The molecule has 5 rings (SSSR count). The number of rotatable bonds is 8. The summed E-state index contributed by atoms with van der Waals surface area (Å²) in [6.07, 6.45) is -2.49. The Morgan fingerprint density at radius 3 is 2.33 bits per heavy atom. The zero-order valence-corrected chi connectivity index (χ0v) is 21.7. The molecule has 0 spiro atoms. The van der Waals surface area contributed by atoms with Gasteiger partial charge in [-0.25, -0.2) is 0 Å². The monoisotopic (exact) mass is 541 g/mol. The number of aliphatic carboxylic acids is 1. The molecule has 0 aliphatic rings. The lowest BCUT2D eigenvalue weighted by atomic mass is 9.90. The van der Waals surface area contributed by atoms with Crippen LogP contribution >= 0.6 is 0 Å². The highest BCUT2D eigenvalue weighted by Gasteiger charge is 2.33. The van der Waals surface area contributed by atoms with Gasteiger partial charge in [0.15, 0.2) is 0 Å². The van der Waals surface area contributed by atoms with E-state index in [2.05, 4.69) is 4.98 Å². The minimum Gasteiger partial charge on any atom is -0.489 e. The number of carbonyl (C=O) groups is 1. The van der Waals surface area contributed by atoms with E-state index in [9.17, 15) is 18.0 Å². The van der Waals surface area contributed by atoms with Crippen LogP contribution in [0, 0.1) is 6.92 Å². The molecule has 0 aliphatic carbocycles. The number of carboxylic acid groups (broad SMARTS) is 1. The molecule has 7 heteroatoms. The molecule has 5 aromatic rings. The van der Waals surface area contributed by atoms with Gasteiger partial charge >= 0.3 is 12.1 Å². The number of alkyl halides is 3. The summed E-state index contributed by atoms with van der Waals surface area (Å²) in [5, 5.41) is 9.28. The number of carboxylic acids is 1. The predicted molar refractivity (Wildman–Crippen MR) is 149 cm³/mol. The molecule has 1 heterocycles. The Kier molecular flexibility index (Phi) is 7.56. The van der Waals surface area contributed by atoms with Crippen LogP contribution < -0.4 is 4.74 Å². The average Bonchev–Trinajstić information content (AvgIpc) is 2.94. The topological polar surface area (TPSA) is 59.4 Å². The number of fused-ring (bicyclic) bond motifs is 1. The van der Waals surface area contributed by atoms with Crippen molar-refractivity contribution in [3.05, 3.63) is 119 Å². The number of aromatic nitrogens is 1. The van der Waals surface area contributed by atoms with Gasteiger partial charge in [-0.15, -0.1) is 0 Å². The molecule has 4 nitrogen and oxygen atoms in total. The van der Waals surface area contributed by atoms with Gasteiger partial charge in [-0.2, -0.15) is 13.2 Å². The maximum absolute atomic E-state index is 13.9. The molecule has 0 saturated carbocycles. The average molecular weight is 542 g/mol. The molecule has 0 radical (unpaired) electrons. The van der Waals surface area contributed by atoms with E-state index in [0.29, 0.717) is 28.7 Å². The van der Waals surface area contributed by atoms with E-state index in [1.54, 1.807) is 6.07 Å². The van der Waals surface area contributed by atoms with E-state index >= 15 is 0 Å². The number of para-hydroxylation sites is 1. The second-order valence-corrected chi connectivity index (χ2v) is 9.59. The van der Waals surface area contributed by atoms with Crippen LogP contribution in [0.15, 0.2) is 97.2 Å². The Balaban J connectivity index is 1.53. The first-order chi connectivity index (χ1) is 19.2. The van der Waals surface area contributed by atoms with Crippen molar-refractivity contribution in [1.29, 1.82) is 0 Å². The molecule has 40 heavy (non-hydrogen) atoms. The first-order valence-corrected chi connectivity index (χ1v) is 12.8. The fourth-order valence-corrected chi connectivity index (χ4v) is 4.80. The molecule has 0 unspecified atom stereocenters. The summed E-state index contributed by atoms with van der Waals surface area (Å²) in [7, 11) is 0. The molecule has 0 aliphatic heterocycles. The second-order valence-electron chi connectivity index (χ2n) is 9.59. The molecule has 1 aromatic heterocycles.